The molecule has 0 aromatic heterocycles. The van der Waals surface area contributed by atoms with E-state index < -0.39 is 6.04 Å². The van der Waals surface area contributed by atoms with Crippen LogP contribution in [0.2, 0.25) is 5.02 Å². The fourth-order valence-corrected chi connectivity index (χ4v) is 2.17. The van der Waals surface area contributed by atoms with Gasteiger partial charge in [-0.1, -0.05) is 23.7 Å². The lowest BCUT2D eigenvalue weighted by Crippen LogP contribution is -2.13. The van der Waals surface area contributed by atoms with Gasteiger partial charge in [-0.05, 0) is 47.9 Å². The number of hydrogen-bond donors (Lipinski definition) is 2. The van der Waals surface area contributed by atoms with E-state index in [0.29, 0.717) is 21.8 Å². The summed E-state index contributed by atoms with van der Waals surface area (Å²) in [6.45, 7) is 1.66. The van der Waals surface area contributed by atoms with Crippen LogP contribution in [0.25, 0.3) is 0 Å². The topological polar surface area (TPSA) is 52.0 Å². The van der Waals surface area contributed by atoms with Crippen LogP contribution in [0.3, 0.4) is 0 Å². The second-order valence-electron chi connectivity index (χ2n) is 4.27. The smallest absolute Gasteiger partial charge is 0.126 e. The number of hydrogen-bond acceptors (Lipinski definition) is 2. The molecule has 0 aliphatic rings. The van der Waals surface area contributed by atoms with E-state index in [1.165, 1.54) is 6.07 Å². The Morgan fingerprint density at radius 1 is 1.22 bits per heavy atom. The number of halogens is 2. The van der Waals surface area contributed by atoms with Gasteiger partial charge in [0.1, 0.15) is 5.82 Å². The van der Waals surface area contributed by atoms with E-state index in [1.807, 2.05) is 12.1 Å². The van der Waals surface area contributed by atoms with Gasteiger partial charge in [0.25, 0.3) is 0 Å². The highest BCUT2D eigenvalue weighted by molar-refractivity contribution is 6.31. The van der Waals surface area contributed by atoms with Crippen LogP contribution in [-0.2, 0) is 0 Å². The van der Waals surface area contributed by atoms with E-state index in [0.717, 1.165) is 5.56 Å². The predicted octanol–water partition coefficient (Wildman–Crippen LogP) is 3.42. The lowest BCUT2D eigenvalue weighted by molar-refractivity contribution is 0.614. The van der Waals surface area contributed by atoms with E-state index in [-0.39, 0.29) is 5.82 Å². The van der Waals surface area contributed by atoms with E-state index in [9.17, 15) is 4.39 Å². The first-order chi connectivity index (χ1) is 8.49. The van der Waals surface area contributed by atoms with Crippen molar-refractivity contribution in [3.8, 4) is 0 Å². The Balaban J connectivity index is 2.46. The Hall–Kier alpha value is -1.58. The third kappa shape index (κ3) is 2.47. The molecule has 1 atom stereocenters. The Morgan fingerprint density at radius 3 is 2.61 bits per heavy atom. The van der Waals surface area contributed by atoms with Crippen molar-refractivity contribution in [2.75, 3.05) is 5.73 Å². The van der Waals surface area contributed by atoms with Crippen molar-refractivity contribution in [3.05, 3.63) is 63.9 Å². The van der Waals surface area contributed by atoms with Crippen LogP contribution in [0.5, 0.6) is 0 Å². The van der Waals surface area contributed by atoms with Gasteiger partial charge in [0, 0.05) is 10.7 Å². The highest BCUT2D eigenvalue weighted by Gasteiger charge is 2.15. The fraction of sp³-hybridized carbons (Fsp3) is 0.143. The van der Waals surface area contributed by atoms with Crippen LogP contribution in [0.1, 0.15) is 22.7 Å². The van der Waals surface area contributed by atoms with Crippen molar-refractivity contribution < 1.29 is 4.39 Å². The summed E-state index contributed by atoms with van der Waals surface area (Å²) in [6.07, 6.45) is 0. The lowest BCUT2D eigenvalue weighted by atomic mass is 9.98. The van der Waals surface area contributed by atoms with Crippen molar-refractivity contribution >= 4 is 17.3 Å². The van der Waals surface area contributed by atoms with Crippen molar-refractivity contribution in [2.45, 2.75) is 13.0 Å². The van der Waals surface area contributed by atoms with Gasteiger partial charge in [-0.2, -0.15) is 0 Å². The molecule has 0 saturated carbocycles. The number of aryl methyl sites for hydroxylation is 1. The molecular formula is C14H14ClFN2. The van der Waals surface area contributed by atoms with Crippen molar-refractivity contribution in [2.24, 2.45) is 5.73 Å². The van der Waals surface area contributed by atoms with Crippen molar-refractivity contribution in [3.63, 3.8) is 0 Å². The molecule has 4 heteroatoms. The number of nitrogen functional groups attached to an aromatic ring is 1. The van der Waals surface area contributed by atoms with Gasteiger partial charge in [0.15, 0.2) is 0 Å². The Kier molecular flexibility index (Phi) is 3.55. The molecule has 0 radical (unpaired) electrons. The zero-order valence-electron chi connectivity index (χ0n) is 9.95. The summed E-state index contributed by atoms with van der Waals surface area (Å²) in [7, 11) is 0. The quantitative estimate of drug-likeness (QED) is 0.817. The van der Waals surface area contributed by atoms with Crippen LogP contribution >= 0.6 is 11.6 Å². The fourth-order valence-electron chi connectivity index (χ4n) is 1.83. The zero-order valence-corrected chi connectivity index (χ0v) is 10.7. The van der Waals surface area contributed by atoms with E-state index in [4.69, 9.17) is 23.1 Å². The highest BCUT2D eigenvalue weighted by atomic mass is 35.5. The molecule has 0 fully saturated rings. The van der Waals surface area contributed by atoms with Gasteiger partial charge < -0.3 is 11.5 Å². The van der Waals surface area contributed by atoms with E-state index >= 15 is 0 Å². The minimum absolute atomic E-state index is 0.311. The first-order valence-corrected chi connectivity index (χ1v) is 5.93. The van der Waals surface area contributed by atoms with Gasteiger partial charge in [0.2, 0.25) is 0 Å². The SMILES string of the molecule is Cc1cc(Cl)c(C(N)c2cccc(N)c2)cc1F. The van der Waals surface area contributed by atoms with Gasteiger partial charge in [-0.25, -0.2) is 4.39 Å². The molecule has 2 aromatic rings. The predicted molar refractivity (Wildman–Crippen MR) is 73.0 cm³/mol. The molecule has 0 aliphatic carbocycles. The molecule has 2 nitrogen and oxygen atoms in total. The van der Waals surface area contributed by atoms with Crippen molar-refractivity contribution in [1.29, 1.82) is 0 Å². The molecule has 94 valence electrons. The van der Waals surface area contributed by atoms with E-state index in [1.54, 1.807) is 25.1 Å². The molecule has 0 bridgehead atoms. The molecule has 0 amide bonds. The summed E-state index contributed by atoms with van der Waals surface area (Å²) in [5, 5.41) is 0.462. The molecule has 0 saturated heterocycles. The second kappa shape index (κ2) is 4.96. The second-order valence-corrected chi connectivity index (χ2v) is 4.68. The number of nitrogens with two attached hydrogens (primary N) is 2. The standard InChI is InChI=1S/C14H14ClFN2/c1-8-5-12(15)11(7-13(8)16)14(18)9-3-2-4-10(17)6-9/h2-7,14H,17-18H2,1H3. The molecule has 0 aliphatic heterocycles. The highest BCUT2D eigenvalue weighted by Crippen LogP contribution is 2.29. The average molecular weight is 265 g/mol. The molecule has 18 heavy (non-hydrogen) atoms. The van der Waals surface area contributed by atoms with Crippen LogP contribution in [-0.4, -0.2) is 0 Å². The zero-order chi connectivity index (χ0) is 13.3. The largest absolute Gasteiger partial charge is 0.399 e. The first-order valence-electron chi connectivity index (χ1n) is 5.55. The molecule has 0 spiro atoms. The monoisotopic (exact) mass is 264 g/mol. The van der Waals surface area contributed by atoms with Crippen LogP contribution in [0.15, 0.2) is 36.4 Å². The molecular weight excluding hydrogens is 251 g/mol. The minimum Gasteiger partial charge on any atom is -0.399 e. The lowest BCUT2D eigenvalue weighted by Gasteiger charge is -2.15. The Morgan fingerprint density at radius 2 is 1.94 bits per heavy atom. The number of benzene rings is 2. The van der Waals surface area contributed by atoms with Gasteiger partial charge in [-0.3, -0.25) is 0 Å². The average Bonchev–Trinajstić information content (AvgIpc) is 2.33. The molecule has 2 rings (SSSR count). The minimum atomic E-state index is -0.490. The molecule has 2 aromatic carbocycles. The number of rotatable bonds is 2. The van der Waals surface area contributed by atoms with Crippen molar-refractivity contribution in [1.82, 2.24) is 0 Å². The maximum absolute atomic E-state index is 13.6. The Labute approximate surface area is 110 Å². The molecule has 0 heterocycles. The molecule has 1 unspecified atom stereocenters. The maximum Gasteiger partial charge on any atom is 0.126 e. The van der Waals surface area contributed by atoms with Crippen LogP contribution in [0.4, 0.5) is 10.1 Å². The summed E-state index contributed by atoms with van der Waals surface area (Å²) in [5.74, 6) is -0.311. The van der Waals surface area contributed by atoms with Crippen LogP contribution in [0, 0.1) is 12.7 Å². The summed E-state index contributed by atoms with van der Waals surface area (Å²) in [4.78, 5) is 0. The van der Waals surface area contributed by atoms with Crippen LogP contribution < -0.4 is 11.5 Å². The first kappa shape index (κ1) is 12.9. The summed E-state index contributed by atoms with van der Waals surface area (Å²) in [5.41, 5.74) is 14.3. The Bertz CT molecular complexity index is 584. The summed E-state index contributed by atoms with van der Waals surface area (Å²) in [6, 6.07) is 9.66. The third-order valence-electron chi connectivity index (χ3n) is 2.88. The summed E-state index contributed by atoms with van der Waals surface area (Å²) >= 11 is 6.11. The van der Waals surface area contributed by atoms with Gasteiger partial charge >= 0.3 is 0 Å². The maximum atomic E-state index is 13.6. The van der Waals surface area contributed by atoms with E-state index in [2.05, 4.69) is 0 Å². The summed E-state index contributed by atoms with van der Waals surface area (Å²) < 4.78 is 13.6. The van der Waals surface area contributed by atoms with Gasteiger partial charge in [0.05, 0.1) is 6.04 Å². The normalized spacial score (nSPS) is 12.4. The molecule has 4 N–H and O–H groups in total. The number of anilines is 1. The third-order valence-corrected chi connectivity index (χ3v) is 3.21. The van der Waals surface area contributed by atoms with Gasteiger partial charge in [-0.15, -0.1) is 0 Å².